The average molecular weight is 360 g/mol. The van der Waals surface area contributed by atoms with Crippen molar-refractivity contribution in [3.8, 4) is 5.69 Å². The van der Waals surface area contributed by atoms with E-state index >= 15 is 0 Å². The van der Waals surface area contributed by atoms with Crippen LogP contribution in [0.3, 0.4) is 0 Å². The Labute approximate surface area is 159 Å². The van der Waals surface area contributed by atoms with E-state index in [9.17, 15) is 4.79 Å². The first-order chi connectivity index (χ1) is 13.2. The number of hydrogen-bond acceptors (Lipinski definition) is 3. The van der Waals surface area contributed by atoms with Crippen molar-refractivity contribution in [1.29, 1.82) is 0 Å². The van der Waals surface area contributed by atoms with Gasteiger partial charge in [-0.2, -0.15) is 0 Å². The Morgan fingerprint density at radius 3 is 2.81 bits per heavy atom. The highest BCUT2D eigenvalue weighted by Crippen LogP contribution is 2.39. The molecule has 3 heterocycles. The maximum absolute atomic E-state index is 12.8. The van der Waals surface area contributed by atoms with Gasteiger partial charge in [0.15, 0.2) is 0 Å². The van der Waals surface area contributed by atoms with Crippen LogP contribution in [0.4, 0.5) is 0 Å². The van der Waals surface area contributed by atoms with E-state index in [2.05, 4.69) is 50.1 Å². The van der Waals surface area contributed by atoms with Gasteiger partial charge in [0.05, 0.1) is 16.4 Å². The number of amides is 1. The second-order valence-electron chi connectivity index (χ2n) is 7.86. The summed E-state index contributed by atoms with van der Waals surface area (Å²) >= 11 is 0. The van der Waals surface area contributed by atoms with Crippen molar-refractivity contribution < 1.29 is 4.79 Å². The van der Waals surface area contributed by atoms with Gasteiger partial charge in [-0.15, -0.1) is 0 Å². The first kappa shape index (κ1) is 16.5. The van der Waals surface area contributed by atoms with Crippen LogP contribution in [-0.2, 0) is 11.3 Å². The number of para-hydroxylation sites is 2. The molecule has 5 nitrogen and oxygen atoms in total. The second-order valence-corrected chi connectivity index (χ2v) is 7.86. The van der Waals surface area contributed by atoms with Gasteiger partial charge in [-0.3, -0.25) is 9.36 Å². The Morgan fingerprint density at radius 1 is 1.07 bits per heavy atom. The highest BCUT2D eigenvalue weighted by atomic mass is 16.2. The third-order valence-corrected chi connectivity index (χ3v) is 6.17. The topological polar surface area (TPSA) is 50.2 Å². The van der Waals surface area contributed by atoms with Gasteiger partial charge in [0.25, 0.3) is 0 Å². The van der Waals surface area contributed by atoms with Crippen molar-refractivity contribution in [2.45, 2.75) is 25.8 Å². The molecule has 2 fully saturated rings. The molecule has 0 spiro atoms. The Balaban J connectivity index is 1.28. The monoisotopic (exact) mass is 360 g/mol. The number of nitrogens with zero attached hydrogens (tertiary/aromatic N) is 3. The minimum Gasteiger partial charge on any atom is -0.352 e. The van der Waals surface area contributed by atoms with Crippen LogP contribution in [0, 0.1) is 5.41 Å². The molecule has 0 aliphatic carbocycles. The van der Waals surface area contributed by atoms with Crippen molar-refractivity contribution in [2.75, 3.05) is 19.6 Å². The highest BCUT2D eigenvalue weighted by molar-refractivity contribution is 5.83. The quantitative estimate of drug-likeness (QED) is 0.778. The van der Waals surface area contributed by atoms with Gasteiger partial charge >= 0.3 is 0 Å². The molecule has 0 radical (unpaired) electrons. The minimum absolute atomic E-state index is 0.145. The molecule has 27 heavy (non-hydrogen) atoms. The summed E-state index contributed by atoms with van der Waals surface area (Å²) in [5, 5.41) is 3.19. The van der Waals surface area contributed by atoms with Crippen LogP contribution in [0.1, 0.15) is 24.8 Å². The Bertz CT molecular complexity index is 973. The number of benzene rings is 2. The summed E-state index contributed by atoms with van der Waals surface area (Å²) in [6.45, 7) is 3.75. The predicted molar refractivity (Wildman–Crippen MR) is 106 cm³/mol. The standard InChI is InChI=1S/C22H24N4O/c27-21(22-10-3-12-25(15-22)13-11-22)23-14-17-6-8-18(9-7-17)26-16-24-19-4-1-2-5-20(19)26/h1-2,4-9,16H,3,10-15H2,(H,23,27). The van der Waals surface area contributed by atoms with Crippen molar-refractivity contribution in [2.24, 2.45) is 5.41 Å². The van der Waals surface area contributed by atoms with Crippen molar-refractivity contribution in [3.63, 3.8) is 0 Å². The molecule has 1 aromatic heterocycles. The lowest BCUT2D eigenvalue weighted by Crippen LogP contribution is -2.45. The van der Waals surface area contributed by atoms with Crippen LogP contribution in [0.5, 0.6) is 0 Å². The van der Waals surface area contributed by atoms with Gasteiger partial charge in [-0.1, -0.05) is 24.3 Å². The number of rotatable bonds is 4. The van der Waals surface area contributed by atoms with E-state index in [0.717, 1.165) is 61.2 Å². The van der Waals surface area contributed by atoms with Gasteiger partial charge in [-0.25, -0.2) is 4.98 Å². The molecule has 2 saturated heterocycles. The largest absolute Gasteiger partial charge is 0.352 e. The van der Waals surface area contributed by atoms with Crippen molar-refractivity contribution in [3.05, 3.63) is 60.4 Å². The fraction of sp³-hybridized carbons (Fsp3) is 0.364. The van der Waals surface area contributed by atoms with Gasteiger partial charge in [-0.05, 0) is 62.2 Å². The molecule has 3 aromatic rings. The predicted octanol–water partition coefficient (Wildman–Crippen LogP) is 3.13. The Hall–Kier alpha value is -2.66. The lowest BCUT2D eigenvalue weighted by molar-refractivity contribution is -0.131. The second kappa shape index (κ2) is 6.50. The van der Waals surface area contributed by atoms with Crippen LogP contribution >= 0.6 is 0 Å². The molecule has 5 rings (SSSR count). The zero-order chi connectivity index (χ0) is 18.3. The summed E-state index contributed by atoms with van der Waals surface area (Å²) in [6, 6.07) is 16.5. The maximum Gasteiger partial charge on any atom is 0.227 e. The SMILES string of the molecule is O=C(NCc1ccc(-n2cnc3ccccc32)cc1)C12CCCN(CC1)C2. The van der Waals surface area contributed by atoms with E-state index in [1.54, 1.807) is 0 Å². The van der Waals surface area contributed by atoms with Gasteiger partial charge in [0, 0.05) is 18.8 Å². The molecular formula is C22H24N4O. The third kappa shape index (κ3) is 2.92. The van der Waals surface area contributed by atoms with Crippen molar-refractivity contribution in [1.82, 2.24) is 19.8 Å². The smallest absolute Gasteiger partial charge is 0.227 e. The lowest BCUT2D eigenvalue weighted by atomic mass is 9.80. The van der Waals surface area contributed by atoms with Crippen LogP contribution < -0.4 is 5.32 Å². The van der Waals surface area contributed by atoms with Crippen LogP contribution in [0.2, 0.25) is 0 Å². The number of carbonyl (C=O) groups is 1. The van der Waals surface area contributed by atoms with E-state index in [-0.39, 0.29) is 11.3 Å². The van der Waals surface area contributed by atoms with E-state index in [0.29, 0.717) is 6.54 Å². The summed E-state index contributed by atoms with van der Waals surface area (Å²) in [4.78, 5) is 19.7. The van der Waals surface area contributed by atoms with E-state index in [1.165, 1.54) is 0 Å². The molecule has 2 aromatic carbocycles. The molecule has 5 heteroatoms. The third-order valence-electron chi connectivity index (χ3n) is 6.17. The maximum atomic E-state index is 12.8. The fourth-order valence-electron chi connectivity index (χ4n) is 4.60. The van der Waals surface area contributed by atoms with Crippen LogP contribution in [0.25, 0.3) is 16.7 Å². The Morgan fingerprint density at radius 2 is 1.93 bits per heavy atom. The molecular weight excluding hydrogens is 336 g/mol. The van der Waals surface area contributed by atoms with Crippen LogP contribution in [-0.4, -0.2) is 40.0 Å². The number of piperidine rings is 1. The van der Waals surface area contributed by atoms with Crippen molar-refractivity contribution >= 4 is 16.9 Å². The number of carbonyl (C=O) groups excluding carboxylic acids is 1. The van der Waals surface area contributed by atoms with Gasteiger partial charge in [0.2, 0.25) is 5.91 Å². The summed E-state index contributed by atoms with van der Waals surface area (Å²) in [6.07, 6.45) is 5.03. The fourth-order valence-corrected chi connectivity index (χ4v) is 4.60. The molecule has 1 N–H and O–H groups in total. The van der Waals surface area contributed by atoms with Gasteiger partial charge in [0.1, 0.15) is 6.33 Å². The van der Waals surface area contributed by atoms with Crippen LogP contribution in [0.15, 0.2) is 54.9 Å². The average Bonchev–Trinajstić information content (AvgIpc) is 3.28. The number of fused-ring (bicyclic) bond motifs is 3. The van der Waals surface area contributed by atoms with E-state index in [4.69, 9.17) is 0 Å². The molecule has 1 amide bonds. The number of hydrogen-bond donors (Lipinski definition) is 1. The first-order valence-electron chi connectivity index (χ1n) is 9.76. The van der Waals surface area contributed by atoms with E-state index in [1.807, 2.05) is 24.5 Å². The molecule has 2 aliphatic rings. The lowest BCUT2D eigenvalue weighted by Gasteiger charge is -2.32. The highest BCUT2D eigenvalue weighted by Gasteiger charge is 2.46. The van der Waals surface area contributed by atoms with E-state index < -0.39 is 0 Å². The summed E-state index contributed by atoms with van der Waals surface area (Å²) in [7, 11) is 0. The summed E-state index contributed by atoms with van der Waals surface area (Å²) < 4.78 is 2.09. The zero-order valence-electron chi connectivity index (χ0n) is 15.4. The number of aromatic nitrogens is 2. The summed E-state index contributed by atoms with van der Waals surface area (Å²) in [5.41, 5.74) is 4.15. The number of imidazole rings is 1. The number of nitrogens with one attached hydrogen (secondary N) is 1. The normalized spacial score (nSPS) is 24.2. The molecule has 2 aliphatic heterocycles. The zero-order valence-corrected chi connectivity index (χ0v) is 15.4. The van der Waals surface area contributed by atoms with Gasteiger partial charge < -0.3 is 10.2 Å². The molecule has 2 unspecified atom stereocenters. The Kier molecular flexibility index (Phi) is 3.97. The molecule has 2 atom stereocenters. The molecule has 0 saturated carbocycles. The molecule has 2 bridgehead atoms. The minimum atomic E-state index is -0.145. The molecule has 138 valence electrons. The first-order valence-corrected chi connectivity index (χ1v) is 9.76. The summed E-state index contributed by atoms with van der Waals surface area (Å²) in [5.74, 6) is 0.231.